The van der Waals surface area contributed by atoms with Crippen molar-refractivity contribution in [2.75, 3.05) is 20.1 Å². The van der Waals surface area contributed by atoms with Gasteiger partial charge in [-0.25, -0.2) is 0 Å². The quantitative estimate of drug-likeness (QED) is 0.512. The summed E-state index contributed by atoms with van der Waals surface area (Å²) in [6.45, 7) is 1.27. The van der Waals surface area contributed by atoms with E-state index in [1.807, 2.05) is 0 Å². The van der Waals surface area contributed by atoms with Gasteiger partial charge in [0.15, 0.2) is 0 Å². The van der Waals surface area contributed by atoms with Crippen LogP contribution in [0.15, 0.2) is 0 Å². The average molecular weight is 153 g/mol. The highest BCUT2D eigenvalue weighted by Crippen LogP contribution is 2.45. The molecule has 0 aromatic carbocycles. The smallest absolute Gasteiger partial charge is 0.309 e. The Balaban J connectivity index is 2.44. The largest absolute Gasteiger partial charge is 0.330 e. The molecule has 1 rings (SSSR count). The van der Waals surface area contributed by atoms with Crippen molar-refractivity contribution >= 4 is 7.60 Å². The zero-order valence-corrected chi connectivity index (χ0v) is 5.88. The molecular weight excluding hydrogens is 145 g/mol. The SMILES string of the molecule is CP1(=O)OCN(O)CO1. The van der Waals surface area contributed by atoms with Crippen molar-refractivity contribution in [1.29, 1.82) is 0 Å². The molecule has 1 aliphatic heterocycles. The van der Waals surface area contributed by atoms with Crippen molar-refractivity contribution in [2.45, 2.75) is 0 Å². The van der Waals surface area contributed by atoms with Crippen molar-refractivity contribution in [3.05, 3.63) is 0 Å². The predicted octanol–water partition coefficient (Wildman–Crippen LogP) is 0.462. The summed E-state index contributed by atoms with van der Waals surface area (Å²) in [5.74, 6) is 0. The summed E-state index contributed by atoms with van der Waals surface area (Å²) in [5, 5.41) is 9.39. The normalized spacial score (nSPS) is 28.2. The molecule has 1 aliphatic rings. The highest BCUT2D eigenvalue weighted by molar-refractivity contribution is 7.53. The molecule has 0 unspecified atom stereocenters. The first kappa shape index (κ1) is 7.18. The van der Waals surface area contributed by atoms with Crippen molar-refractivity contribution in [3.63, 3.8) is 0 Å². The van der Waals surface area contributed by atoms with Crippen LogP contribution in [-0.2, 0) is 13.6 Å². The van der Waals surface area contributed by atoms with Crippen molar-refractivity contribution in [2.24, 2.45) is 0 Å². The molecule has 0 spiro atoms. The van der Waals surface area contributed by atoms with E-state index in [0.717, 1.165) is 5.06 Å². The maximum absolute atomic E-state index is 10.8. The number of rotatable bonds is 0. The lowest BCUT2D eigenvalue weighted by Crippen LogP contribution is -2.28. The predicted molar refractivity (Wildman–Crippen MR) is 29.1 cm³/mol. The number of hydroxylamine groups is 2. The molecule has 0 saturated carbocycles. The fourth-order valence-electron chi connectivity index (χ4n) is 0.418. The molecule has 9 heavy (non-hydrogen) atoms. The van der Waals surface area contributed by atoms with Gasteiger partial charge in [-0.15, -0.1) is 5.06 Å². The molecule has 6 heteroatoms. The molecule has 0 atom stereocenters. The van der Waals surface area contributed by atoms with E-state index in [-0.39, 0.29) is 13.5 Å². The minimum absolute atomic E-state index is 0.0478. The molecule has 0 amide bonds. The lowest BCUT2D eigenvalue weighted by molar-refractivity contribution is -0.194. The summed E-state index contributed by atoms with van der Waals surface area (Å²) in [6, 6.07) is 0. The Bertz CT molecular complexity index is 137. The van der Waals surface area contributed by atoms with E-state index >= 15 is 0 Å². The van der Waals surface area contributed by atoms with E-state index < -0.39 is 7.60 Å². The summed E-state index contributed by atoms with van der Waals surface area (Å²) in [7, 11) is -2.83. The Kier molecular flexibility index (Phi) is 1.88. The van der Waals surface area contributed by atoms with Gasteiger partial charge in [0.2, 0.25) is 0 Å². The lowest BCUT2D eigenvalue weighted by atomic mass is 11.1. The molecular formula is C3H8NO4P. The Labute approximate surface area is 52.7 Å². The number of nitrogens with zero attached hydrogens (tertiary/aromatic N) is 1. The van der Waals surface area contributed by atoms with Gasteiger partial charge in [0.1, 0.15) is 13.5 Å². The molecule has 1 saturated heterocycles. The van der Waals surface area contributed by atoms with E-state index in [4.69, 9.17) is 5.21 Å². The Morgan fingerprint density at radius 2 is 2.00 bits per heavy atom. The molecule has 5 nitrogen and oxygen atoms in total. The second kappa shape index (κ2) is 2.36. The highest BCUT2D eigenvalue weighted by atomic mass is 31.2. The molecule has 0 aromatic heterocycles. The Morgan fingerprint density at radius 3 is 2.33 bits per heavy atom. The fourth-order valence-corrected chi connectivity index (χ4v) is 1.18. The van der Waals surface area contributed by atoms with E-state index in [9.17, 15) is 4.57 Å². The molecule has 1 fully saturated rings. The van der Waals surface area contributed by atoms with Crippen LogP contribution in [0, 0.1) is 0 Å². The molecule has 54 valence electrons. The third-order valence-electron chi connectivity index (χ3n) is 0.883. The maximum Gasteiger partial charge on any atom is 0.330 e. The Hall–Kier alpha value is 0.0700. The third-order valence-corrected chi connectivity index (χ3v) is 2.05. The lowest BCUT2D eigenvalue weighted by Gasteiger charge is -2.24. The minimum atomic E-state index is -2.83. The van der Waals surface area contributed by atoms with E-state index in [1.165, 1.54) is 6.66 Å². The first-order chi connectivity index (χ1) is 4.10. The number of hydrogen-bond donors (Lipinski definition) is 1. The fraction of sp³-hybridized carbons (Fsp3) is 1.00. The zero-order chi connectivity index (χ0) is 6.91. The average Bonchev–Trinajstić information content (AvgIpc) is 1.78. The van der Waals surface area contributed by atoms with Gasteiger partial charge in [-0.3, -0.25) is 13.6 Å². The Morgan fingerprint density at radius 1 is 1.56 bits per heavy atom. The van der Waals surface area contributed by atoms with Gasteiger partial charge >= 0.3 is 7.60 Å². The van der Waals surface area contributed by atoms with Gasteiger partial charge in [0, 0.05) is 6.66 Å². The van der Waals surface area contributed by atoms with Crippen LogP contribution in [0.4, 0.5) is 0 Å². The first-order valence-electron chi connectivity index (χ1n) is 2.40. The zero-order valence-electron chi connectivity index (χ0n) is 4.98. The molecule has 0 aromatic rings. The second-order valence-corrected chi connectivity index (χ2v) is 3.85. The molecule has 0 bridgehead atoms. The van der Waals surface area contributed by atoms with Gasteiger partial charge in [0.05, 0.1) is 0 Å². The third kappa shape index (κ3) is 2.04. The van der Waals surface area contributed by atoms with Crippen LogP contribution >= 0.6 is 7.60 Å². The molecule has 0 aliphatic carbocycles. The van der Waals surface area contributed by atoms with Gasteiger partial charge in [-0.05, 0) is 0 Å². The van der Waals surface area contributed by atoms with Crippen molar-refractivity contribution < 1.29 is 18.8 Å². The number of hydrogen-bond acceptors (Lipinski definition) is 5. The first-order valence-corrected chi connectivity index (χ1v) is 4.39. The van der Waals surface area contributed by atoms with Crippen LogP contribution in [0.1, 0.15) is 0 Å². The van der Waals surface area contributed by atoms with E-state index in [2.05, 4.69) is 9.05 Å². The van der Waals surface area contributed by atoms with Crippen LogP contribution in [0.5, 0.6) is 0 Å². The van der Waals surface area contributed by atoms with Gasteiger partial charge < -0.3 is 5.21 Å². The monoisotopic (exact) mass is 153 g/mol. The van der Waals surface area contributed by atoms with Crippen LogP contribution in [-0.4, -0.2) is 30.4 Å². The van der Waals surface area contributed by atoms with Gasteiger partial charge in [-0.1, -0.05) is 0 Å². The summed E-state index contributed by atoms with van der Waals surface area (Å²) in [5.41, 5.74) is 0. The van der Waals surface area contributed by atoms with Gasteiger partial charge in [0.25, 0.3) is 0 Å². The van der Waals surface area contributed by atoms with Crippen molar-refractivity contribution in [3.8, 4) is 0 Å². The summed E-state index contributed by atoms with van der Waals surface area (Å²) >= 11 is 0. The van der Waals surface area contributed by atoms with Gasteiger partial charge in [-0.2, -0.15) is 0 Å². The molecule has 0 radical (unpaired) electrons. The molecule has 1 heterocycles. The minimum Gasteiger partial charge on any atom is -0.309 e. The van der Waals surface area contributed by atoms with E-state index in [0.29, 0.717) is 0 Å². The summed E-state index contributed by atoms with van der Waals surface area (Å²) in [6.07, 6.45) is 0. The van der Waals surface area contributed by atoms with Crippen LogP contribution in [0.25, 0.3) is 0 Å². The van der Waals surface area contributed by atoms with E-state index in [1.54, 1.807) is 0 Å². The standard InChI is InChI=1S/C3H8NO4P/c1-9(6)7-2-4(5)3-8-9/h5H,2-3H2,1H3. The van der Waals surface area contributed by atoms with Crippen LogP contribution in [0.3, 0.4) is 0 Å². The van der Waals surface area contributed by atoms with Crippen molar-refractivity contribution in [1.82, 2.24) is 5.06 Å². The second-order valence-electron chi connectivity index (χ2n) is 1.79. The molecule has 1 N–H and O–H groups in total. The summed E-state index contributed by atoms with van der Waals surface area (Å²) < 4.78 is 20.0. The van der Waals surface area contributed by atoms with Crippen LogP contribution in [0.2, 0.25) is 0 Å². The highest BCUT2D eigenvalue weighted by Gasteiger charge is 2.24. The summed E-state index contributed by atoms with van der Waals surface area (Å²) in [4.78, 5) is 0. The maximum atomic E-state index is 10.8. The van der Waals surface area contributed by atoms with Crippen LogP contribution < -0.4 is 0 Å². The topological polar surface area (TPSA) is 59.0 Å².